The molecular formula is C21H26N4O3. The Bertz CT molecular complexity index is 914. The molecule has 5 heterocycles. The molecule has 0 saturated carbocycles. The van der Waals surface area contributed by atoms with E-state index in [0.29, 0.717) is 31.2 Å². The summed E-state index contributed by atoms with van der Waals surface area (Å²) in [5, 5.41) is 3.78. The van der Waals surface area contributed by atoms with Crippen LogP contribution in [0.15, 0.2) is 33.8 Å². The van der Waals surface area contributed by atoms with E-state index in [1.807, 2.05) is 15.5 Å². The molecule has 2 fully saturated rings. The fourth-order valence-corrected chi connectivity index (χ4v) is 5.12. The fourth-order valence-electron chi connectivity index (χ4n) is 5.12. The number of amides is 1. The van der Waals surface area contributed by atoms with Gasteiger partial charge in [0.15, 0.2) is 5.69 Å². The van der Waals surface area contributed by atoms with Gasteiger partial charge >= 0.3 is 0 Å². The lowest BCUT2D eigenvalue weighted by Gasteiger charge is -2.42. The van der Waals surface area contributed by atoms with Crippen LogP contribution in [0.4, 0.5) is 0 Å². The van der Waals surface area contributed by atoms with Gasteiger partial charge in [0.1, 0.15) is 6.26 Å². The zero-order chi connectivity index (χ0) is 19.1. The van der Waals surface area contributed by atoms with Crippen molar-refractivity contribution in [2.45, 2.75) is 44.7 Å². The van der Waals surface area contributed by atoms with Crippen molar-refractivity contribution in [3.05, 3.63) is 51.8 Å². The Morgan fingerprint density at radius 3 is 2.75 bits per heavy atom. The van der Waals surface area contributed by atoms with Crippen molar-refractivity contribution in [3.8, 4) is 0 Å². The molecule has 3 aliphatic heterocycles. The van der Waals surface area contributed by atoms with Crippen LogP contribution in [-0.4, -0.2) is 51.6 Å². The number of fused-ring (bicyclic) bond motifs is 4. The maximum atomic E-state index is 13.2. The van der Waals surface area contributed by atoms with Crippen LogP contribution in [0.3, 0.4) is 0 Å². The van der Waals surface area contributed by atoms with E-state index in [4.69, 9.17) is 4.52 Å². The molecule has 3 aliphatic rings. The highest BCUT2D eigenvalue weighted by atomic mass is 16.5. The number of nitrogens with zero attached hydrogens (tertiary/aromatic N) is 4. The number of pyridine rings is 1. The van der Waals surface area contributed by atoms with E-state index in [9.17, 15) is 9.59 Å². The van der Waals surface area contributed by atoms with E-state index in [0.717, 1.165) is 37.3 Å². The SMILES string of the molecule is O=C(c1ccon1)N1C[C@@H]2C[C@H](C1)c1ccc(CN3CCCCC3)c(=O)n1C2. The minimum absolute atomic E-state index is 0.0824. The number of rotatable bonds is 3. The van der Waals surface area contributed by atoms with Gasteiger partial charge in [0.25, 0.3) is 11.5 Å². The summed E-state index contributed by atoms with van der Waals surface area (Å²) < 4.78 is 6.80. The number of hydrogen-bond donors (Lipinski definition) is 0. The molecular weight excluding hydrogens is 356 g/mol. The maximum absolute atomic E-state index is 13.2. The standard InChI is InChI=1S/C21H26N4O3/c26-20-16(13-23-7-2-1-3-8-23)4-5-19-17-10-15(12-25(19)20)11-24(14-17)21(27)18-6-9-28-22-18/h4-6,9,15,17H,1-3,7-8,10-14H2/t15-,17+/m0/s1. The minimum Gasteiger partial charge on any atom is -0.364 e. The molecule has 2 atom stereocenters. The summed E-state index contributed by atoms with van der Waals surface area (Å²) >= 11 is 0. The van der Waals surface area contributed by atoms with Crippen molar-refractivity contribution in [1.29, 1.82) is 0 Å². The second kappa shape index (κ2) is 7.20. The molecule has 7 nitrogen and oxygen atoms in total. The molecule has 148 valence electrons. The minimum atomic E-state index is -0.0824. The fraction of sp³-hybridized carbons (Fsp3) is 0.571. The number of hydrogen-bond acceptors (Lipinski definition) is 5. The Labute approximate surface area is 163 Å². The maximum Gasteiger partial charge on any atom is 0.276 e. The topological polar surface area (TPSA) is 71.6 Å². The van der Waals surface area contributed by atoms with Gasteiger partial charge in [-0.1, -0.05) is 17.6 Å². The molecule has 2 aromatic heterocycles. The summed E-state index contributed by atoms with van der Waals surface area (Å²) in [6.07, 6.45) is 6.22. The van der Waals surface area contributed by atoms with Crippen LogP contribution in [0.5, 0.6) is 0 Å². The van der Waals surface area contributed by atoms with E-state index in [1.165, 1.54) is 25.5 Å². The molecule has 0 spiro atoms. The summed E-state index contributed by atoms with van der Waals surface area (Å²) in [5.74, 6) is 0.436. The van der Waals surface area contributed by atoms with E-state index in [2.05, 4.69) is 16.1 Å². The first-order chi connectivity index (χ1) is 13.7. The number of likely N-dealkylation sites (tertiary alicyclic amines) is 2. The highest BCUT2D eigenvalue weighted by Crippen LogP contribution is 2.35. The van der Waals surface area contributed by atoms with Crippen LogP contribution >= 0.6 is 0 Å². The molecule has 7 heteroatoms. The lowest BCUT2D eigenvalue weighted by Crippen LogP contribution is -2.49. The van der Waals surface area contributed by atoms with Gasteiger partial charge in [0.2, 0.25) is 0 Å². The lowest BCUT2D eigenvalue weighted by atomic mass is 9.83. The predicted molar refractivity (Wildman–Crippen MR) is 103 cm³/mol. The van der Waals surface area contributed by atoms with Crippen molar-refractivity contribution in [3.63, 3.8) is 0 Å². The number of aromatic nitrogens is 2. The Hall–Kier alpha value is -2.41. The second-order valence-electron chi connectivity index (χ2n) is 8.43. The second-order valence-corrected chi connectivity index (χ2v) is 8.43. The Kier molecular flexibility index (Phi) is 4.55. The molecule has 0 N–H and O–H groups in total. The van der Waals surface area contributed by atoms with Gasteiger partial charge in [-0.05, 0) is 44.3 Å². The van der Waals surface area contributed by atoms with Crippen LogP contribution in [0, 0.1) is 5.92 Å². The van der Waals surface area contributed by atoms with Crippen LogP contribution in [-0.2, 0) is 13.1 Å². The summed E-state index contributed by atoms with van der Waals surface area (Å²) in [4.78, 5) is 30.1. The van der Waals surface area contributed by atoms with Crippen molar-refractivity contribution >= 4 is 5.91 Å². The average Bonchev–Trinajstić information content (AvgIpc) is 3.25. The van der Waals surface area contributed by atoms with Crippen molar-refractivity contribution in [2.75, 3.05) is 26.2 Å². The first-order valence-electron chi connectivity index (χ1n) is 10.3. The van der Waals surface area contributed by atoms with E-state index in [-0.39, 0.29) is 17.4 Å². The molecule has 0 aromatic carbocycles. The molecule has 0 unspecified atom stereocenters. The van der Waals surface area contributed by atoms with Crippen LogP contribution in [0.25, 0.3) is 0 Å². The molecule has 0 radical (unpaired) electrons. The van der Waals surface area contributed by atoms with Crippen molar-refractivity contribution < 1.29 is 9.32 Å². The third-order valence-corrected chi connectivity index (χ3v) is 6.47. The number of piperidine rings is 2. The summed E-state index contributed by atoms with van der Waals surface area (Å²) in [6, 6.07) is 5.74. The van der Waals surface area contributed by atoms with Gasteiger partial charge in [-0.15, -0.1) is 0 Å². The smallest absolute Gasteiger partial charge is 0.276 e. The monoisotopic (exact) mass is 382 g/mol. The van der Waals surface area contributed by atoms with Gasteiger partial charge in [-0.25, -0.2) is 0 Å². The van der Waals surface area contributed by atoms with Gasteiger partial charge in [-0.3, -0.25) is 14.5 Å². The number of carbonyl (C=O) groups is 1. The van der Waals surface area contributed by atoms with Crippen molar-refractivity contribution in [2.24, 2.45) is 5.92 Å². The highest BCUT2D eigenvalue weighted by Gasteiger charge is 2.37. The quantitative estimate of drug-likeness (QED) is 0.813. The summed E-state index contributed by atoms with van der Waals surface area (Å²) in [6.45, 7) is 4.93. The molecule has 5 rings (SSSR count). The van der Waals surface area contributed by atoms with Crippen LogP contribution in [0.2, 0.25) is 0 Å². The van der Waals surface area contributed by atoms with Gasteiger partial charge in [-0.2, -0.15) is 0 Å². The van der Waals surface area contributed by atoms with Crippen LogP contribution in [0.1, 0.15) is 53.3 Å². The molecule has 2 saturated heterocycles. The summed E-state index contributed by atoms with van der Waals surface area (Å²) in [7, 11) is 0. The zero-order valence-corrected chi connectivity index (χ0v) is 16.0. The van der Waals surface area contributed by atoms with Gasteiger partial charge < -0.3 is 14.0 Å². The molecule has 2 bridgehead atoms. The van der Waals surface area contributed by atoms with E-state index >= 15 is 0 Å². The Balaban J connectivity index is 1.38. The largest absolute Gasteiger partial charge is 0.364 e. The summed E-state index contributed by atoms with van der Waals surface area (Å²) in [5.41, 5.74) is 2.49. The first-order valence-corrected chi connectivity index (χ1v) is 10.3. The molecule has 0 aliphatic carbocycles. The third kappa shape index (κ3) is 3.17. The number of carbonyl (C=O) groups excluding carboxylic acids is 1. The molecule has 2 aromatic rings. The molecule has 1 amide bonds. The first kappa shape index (κ1) is 17.7. The Morgan fingerprint density at radius 2 is 1.96 bits per heavy atom. The lowest BCUT2D eigenvalue weighted by molar-refractivity contribution is 0.0584. The third-order valence-electron chi connectivity index (χ3n) is 6.47. The van der Waals surface area contributed by atoms with E-state index < -0.39 is 0 Å². The average molecular weight is 382 g/mol. The normalized spacial score (nSPS) is 24.8. The zero-order valence-electron chi connectivity index (χ0n) is 16.0. The predicted octanol–water partition coefficient (Wildman–Crippen LogP) is 2.08. The van der Waals surface area contributed by atoms with E-state index in [1.54, 1.807) is 6.07 Å². The van der Waals surface area contributed by atoms with Gasteiger partial charge in [0, 0.05) is 49.4 Å². The van der Waals surface area contributed by atoms with Gasteiger partial charge in [0.05, 0.1) is 0 Å². The molecule has 28 heavy (non-hydrogen) atoms. The van der Waals surface area contributed by atoms with Crippen LogP contribution < -0.4 is 5.56 Å². The Morgan fingerprint density at radius 1 is 1.11 bits per heavy atom. The van der Waals surface area contributed by atoms with Crippen molar-refractivity contribution in [1.82, 2.24) is 19.5 Å². The highest BCUT2D eigenvalue weighted by molar-refractivity contribution is 5.92.